The molecular weight excluding hydrogens is 346 g/mol. The Morgan fingerprint density at radius 1 is 0.833 bits per heavy atom. The molecule has 0 aliphatic carbocycles. The molecule has 2 N–H and O–H groups in total. The van der Waals surface area contributed by atoms with Crippen LogP contribution >= 0.6 is 11.6 Å². The average molecular weight is 354 g/mol. The minimum Gasteiger partial charge on any atom is -0.301 e. The molecule has 0 bridgehead atoms. The fourth-order valence-corrected chi connectivity index (χ4v) is 2.13. The summed E-state index contributed by atoms with van der Waals surface area (Å²) in [6, 6.07) is 8.80. The molecular formula is C12H8ClN5O6. The third kappa shape index (κ3) is 3.30. The lowest BCUT2D eigenvalue weighted by Crippen LogP contribution is -2.13. The topological polar surface area (TPSA) is 153 Å². The molecule has 2 rings (SSSR count). The van der Waals surface area contributed by atoms with Gasteiger partial charge in [-0.1, -0.05) is 29.8 Å². The molecule has 11 nitrogen and oxygen atoms in total. The van der Waals surface area contributed by atoms with Gasteiger partial charge in [0.25, 0.3) is 0 Å². The number of nitro groups is 3. The number of hydrogen-bond donors (Lipinski definition) is 2. The number of benzene rings is 2. The van der Waals surface area contributed by atoms with E-state index < -0.39 is 42.5 Å². The van der Waals surface area contributed by atoms with Crippen molar-refractivity contribution in [2.45, 2.75) is 0 Å². The lowest BCUT2D eigenvalue weighted by molar-refractivity contribution is -0.401. The zero-order valence-corrected chi connectivity index (χ0v) is 12.4. The van der Waals surface area contributed by atoms with E-state index in [9.17, 15) is 30.3 Å². The second-order valence-corrected chi connectivity index (χ2v) is 4.72. The van der Waals surface area contributed by atoms with Crippen LogP contribution in [0.4, 0.5) is 28.4 Å². The first-order valence-electron chi connectivity index (χ1n) is 6.19. The van der Waals surface area contributed by atoms with Crippen LogP contribution in [0.25, 0.3) is 0 Å². The third-order valence-corrected chi connectivity index (χ3v) is 3.25. The molecule has 2 aromatic carbocycles. The first-order chi connectivity index (χ1) is 11.3. The summed E-state index contributed by atoms with van der Waals surface area (Å²) in [5.41, 5.74) is 1.97. The number of hydrogen-bond acceptors (Lipinski definition) is 8. The maximum atomic E-state index is 11.2. The maximum Gasteiger partial charge on any atom is 0.326 e. The standard InChI is InChI=1S/C12H8ClN5O6/c13-10-8(16(19)20)6-9(17(21)22)11(12(10)18(23)24)15-14-7-4-2-1-3-5-7/h1-6,14-15H. The van der Waals surface area contributed by atoms with Crippen LogP contribution in [0.3, 0.4) is 0 Å². The highest BCUT2D eigenvalue weighted by Gasteiger charge is 2.36. The lowest BCUT2D eigenvalue weighted by atomic mass is 10.2. The Hall–Kier alpha value is -3.47. The highest BCUT2D eigenvalue weighted by molar-refractivity contribution is 6.35. The van der Waals surface area contributed by atoms with E-state index in [1.165, 1.54) is 0 Å². The maximum absolute atomic E-state index is 11.2. The molecule has 0 unspecified atom stereocenters. The minimum atomic E-state index is -1.03. The number of nitrogens with zero attached hydrogens (tertiary/aromatic N) is 3. The van der Waals surface area contributed by atoms with Crippen LogP contribution < -0.4 is 10.9 Å². The van der Waals surface area contributed by atoms with E-state index in [4.69, 9.17) is 11.6 Å². The van der Waals surface area contributed by atoms with Crippen molar-refractivity contribution in [3.63, 3.8) is 0 Å². The summed E-state index contributed by atoms with van der Waals surface area (Å²) in [6.45, 7) is 0. The molecule has 0 fully saturated rings. The van der Waals surface area contributed by atoms with E-state index in [0.29, 0.717) is 11.8 Å². The van der Waals surface area contributed by atoms with Crippen LogP contribution in [0.1, 0.15) is 0 Å². The zero-order valence-electron chi connectivity index (χ0n) is 11.6. The number of nitrogens with one attached hydrogen (secondary N) is 2. The molecule has 2 aromatic rings. The zero-order chi connectivity index (χ0) is 17.9. The van der Waals surface area contributed by atoms with Gasteiger partial charge in [-0.05, 0) is 12.1 Å². The highest BCUT2D eigenvalue weighted by atomic mass is 35.5. The van der Waals surface area contributed by atoms with Gasteiger partial charge in [0.15, 0.2) is 5.02 Å². The van der Waals surface area contributed by atoms with Crippen LogP contribution in [-0.4, -0.2) is 14.8 Å². The minimum absolute atomic E-state index is 0.454. The van der Waals surface area contributed by atoms with Gasteiger partial charge in [0.2, 0.25) is 5.69 Å². The van der Waals surface area contributed by atoms with Gasteiger partial charge >= 0.3 is 17.1 Å². The largest absolute Gasteiger partial charge is 0.326 e. The number of nitro benzene ring substituents is 3. The van der Waals surface area contributed by atoms with Crippen molar-refractivity contribution in [2.75, 3.05) is 10.9 Å². The quantitative estimate of drug-likeness (QED) is 0.590. The Balaban J connectivity index is 2.58. The fraction of sp³-hybridized carbons (Fsp3) is 0. The number of rotatable bonds is 6. The molecule has 124 valence electrons. The van der Waals surface area contributed by atoms with Gasteiger partial charge in [0, 0.05) is 0 Å². The fourth-order valence-electron chi connectivity index (χ4n) is 1.85. The van der Waals surface area contributed by atoms with Gasteiger partial charge in [0.1, 0.15) is 0 Å². The van der Waals surface area contributed by atoms with Gasteiger partial charge < -0.3 is 5.43 Å². The first kappa shape index (κ1) is 16.9. The molecule has 0 aliphatic rings. The van der Waals surface area contributed by atoms with E-state index in [1.54, 1.807) is 30.3 Å². The molecule has 0 radical (unpaired) electrons. The summed E-state index contributed by atoms with van der Waals surface area (Å²) >= 11 is 5.69. The molecule has 0 heterocycles. The average Bonchev–Trinajstić information content (AvgIpc) is 2.52. The second-order valence-electron chi connectivity index (χ2n) is 4.34. The van der Waals surface area contributed by atoms with E-state index in [1.807, 2.05) is 0 Å². The van der Waals surface area contributed by atoms with Crippen LogP contribution in [0.5, 0.6) is 0 Å². The third-order valence-electron chi connectivity index (χ3n) is 2.88. The molecule has 0 saturated carbocycles. The predicted octanol–water partition coefficient (Wildman–Crippen LogP) is 3.50. The number of anilines is 2. The second kappa shape index (κ2) is 6.75. The van der Waals surface area contributed by atoms with Crippen molar-refractivity contribution in [1.82, 2.24) is 0 Å². The van der Waals surface area contributed by atoms with Crippen molar-refractivity contribution in [3.8, 4) is 0 Å². The summed E-state index contributed by atoms with van der Waals surface area (Å²) < 4.78 is 0. The number of para-hydroxylation sites is 1. The lowest BCUT2D eigenvalue weighted by Gasteiger charge is -2.11. The molecule has 24 heavy (non-hydrogen) atoms. The van der Waals surface area contributed by atoms with Crippen molar-refractivity contribution < 1.29 is 14.8 Å². The van der Waals surface area contributed by atoms with Crippen LogP contribution in [0, 0.1) is 30.3 Å². The predicted molar refractivity (Wildman–Crippen MR) is 85.1 cm³/mol. The normalized spacial score (nSPS) is 10.0. The van der Waals surface area contributed by atoms with Gasteiger partial charge in [-0.15, -0.1) is 0 Å². The van der Waals surface area contributed by atoms with Crippen molar-refractivity contribution >= 4 is 40.0 Å². The highest BCUT2D eigenvalue weighted by Crippen LogP contribution is 2.45. The van der Waals surface area contributed by atoms with E-state index >= 15 is 0 Å². The summed E-state index contributed by atoms with van der Waals surface area (Å²) in [4.78, 5) is 30.2. The molecule has 0 saturated heterocycles. The van der Waals surface area contributed by atoms with Gasteiger partial charge in [-0.2, -0.15) is 0 Å². The summed E-state index contributed by atoms with van der Waals surface area (Å²) in [5, 5.41) is 32.4. The molecule has 0 spiro atoms. The van der Waals surface area contributed by atoms with Crippen LogP contribution in [0.15, 0.2) is 36.4 Å². The SMILES string of the molecule is O=[N+]([O-])c1cc([N+](=O)[O-])c(NNc2ccccc2)c([N+](=O)[O-])c1Cl. The summed E-state index contributed by atoms with van der Waals surface area (Å²) in [7, 11) is 0. The van der Waals surface area contributed by atoms with Crippen LogP contribution in [-0.2, 0) is 0 Å². The number of halogens is 1. The van der Waals surface area contributed by atoms with Crippen molar-refractivity contribution in [3.05, 3.63) is 71.8 Å². The molecule has 0 atom stereocenters. The smallest absolute Gasteiger partial charge is 0.301 e. The summed E-state index contributed by atoms with van der Waals surface area (Å²) in [6.07, 6.45) is 0. The Labute approximate surface area is 138 Å². The van der Waals surface area contributed by atoms with Crippen molar-refractivity contribution in [2.24, 2.45) is 0 Å². The van der Waals surface area contributed by atoms with E-state index in [2.05, 4.69) is 10.9 Å². The number of hydrazine groups is 1. The Morgan fingerprint density at radius 3 is 1.92 bits per heavy atom. The van der Waals surface area contributed by atoms with Gasteiger partial charge in [-0.25, -0.2) is 0 Å². The van der Waals surface area contributed by atoms with Gasteiger partial charge in [-0.3, -0.25) is 35.8 Å². The molecule has 0 aromatic heterocycles. The molecule has 12 heteroatoms. The van der Waals surface area contributed by atoms with Gasteiger partial charge in [0.05, 0.1) is 26.5 Å². The van der Waals surface area contributed by atoms with E-state index in [0.717, 1.165) is 0 Å². The molecule has 0 aliphatic heterocycles. The Morgan fingerprint density at radius 2 is 1.42 bits per heavy atom. The Bertz CT molecular complexity index is 828. The Kier molecular flexibility index (Phi) is 4.75. The monoisotopic (exact) mass is 353 g/mol. The summed E-state index contributed by atoms with van der Waals surface area (Å²) in [5.74, 6) is 0. The first-order valence-corrected chi connectivity index (χ1v) is 6.57. The van der Waals surface area contributed by atoms with Crippen LogP contribution in [0.2, 0.25) is 5.02 Å². The molecule has 0 amide bonds. The van der Waals surface area contributed by atoms with E-state index in [-0.39, 0.29) is 0 Å². The van der Waals surface area contributed by atoms with Crippen molar-refractivity contribution in [1.29, 1.82) is 0 Å².